The predicted octanol–water partition coefficient (Wildman–Crippen LogP) is -0.622. The number of hydrogen-bond acceptors (Lipinski definition) is 5. The van der Waals surface area contributed by atoms with E-state index < -0.39 is 5.97 Å². The van der Waals surface area contributed by atoms with Crippen LogP contribution in [0.4, 0.5) is 10.5 Å². The first-order chi connectivity index (χ1) is 16.4. The van der Waals surface area contributed by atoms with Crippen LogP contribution in [0.25, 0.3) is 0 Å². The molecule has 0 unspecified atom stereocenters. The Labute approximate surface area is 234 Å². The maximum Gasteiger partial charge on any atom is 1.00 e. The Kier molecular flexibility index (Phi) is 9.11. The number of likely N-dealkylation sites (tertiary alicyclic amines) is 1. The third kappa shape index (κ3) is 5.89. The normalized spacial score (nSPS) is 18.8. The fraction of sp³-hybridized carbons (Fsp3) is 0.481. The summed E-state index contributed by atoms with van der Waals surface area (Å²) < 4.78 is 5.88. The predicted molar refractivity (Wildman–Crippen MR) is 132 cm³/mol. The Morgan fingerprint density at radius 3 is 2.42 bits per heavy atom. The molecule has 0 aromatic heterocycles. The van der Waals surface area contributed by atoms with E-state index in [-0.39, 0.29) is 52.2 Å². The van der Waals surface area contributed by atoms with Crippen LogP contribution in [0.1, 0.15) is 65.6 Å². The van der Waals surface area contributed by atoms with E-state index in [2.05, 4.69) is 29.3 Å². The molecule has 2 heterocycles. The van der Waals surface area contributed by atoms with Gasteiger partial charge in [-0.1, -0.05) is 18.2 Å². The largest absolute Gasteiger partial charge is 1.00 e. The zero-order valence-electron chi connectivity index (χ0n) is 21.4. The smallest absolute Gasteiger partial charge is 0.545 e. The Morgan fingerprint density at radius 2 is 1.83 bits per heavy atom. The number of nitrogens with one attached hydrogen (secondary N) is 1. The number of amides is 2. The number of benzene rings is 2. The van der Waals surface area contributed by atoms with Crippen LogP contribution in [0.3, 0.4) is 0 Å². The minimum absolute atomic E-state index is 0. The van der Waals surface area contributed by atoms with Gasteiger partial charge in [0.25, 0.3) is 0 Å². The van der Waals surface area contributed by atoms with Crippen molar-refractivity contribution in [3.05, 3.63) is 58.7 Å². The van der Waals surface area contributed by atoms with E-state index in [4.69, 9.17) is 4.74 Å². The number of carboxylic acids is 1. The number of piperidine rings is 1. The second kappa shape index (κ2) is 11.5. The Hall–Kier alpha value is -2.10. The van der Waals surface area contributed by atoms with Gasteiger partial charge in [-0.25, -0.2) is 4.79 Å². The Balaban J connectivity index is 0.00000180. The summed E-state index contributed by atoms with van der Waals surface area (Å²) in [6.07, 6.45) is 4.31. The number of ether oxygens (including phenoxy) is 1. The van der Waals surface area contributed by atoms with E-state index in [1.807, 2.05) is 6.92 Å². The summed E-state index contributed by atoms with van der Waals surface area (Å²) >= 11 is 0. The molecule has 2 aliphatic heterocycles. The molecule has 1 saturated carbocycles. The molecule has 188 valence electrons. The van der Waals surface area contributed by atoms with Gasteiger partial charge in [-0.15, -0.1) is 0 Å². The van der Waals surface area contributed by atoms with Gasteiger partial charge in [-0.2, -0.15) is 0 Å². The molecule has 3 fully saturated rings. The first-order valence-electron chi connectivity index (χ1n) is 12.3. The van der Waals surface area contributed by atoms with Gasteiger partial charge in [-0.3, -0.25) is 9.80 Å². The quantitative estimate of drug-likeness (QED) is 0.506. The number of hydrogen-bond donors (Lipinski definition) is 1. The minimum Gasteiger partial charge on any atom is -0.545 e. The number of aromatic carboxylic acids is 1. The average molecular weight is 504 g/mol. The van der Waals surface area contributed by atoms with Gasteiger partial charge in [0.2, 0.25) is 0 Å². The van der Waals surface area contributed by atoms with Crippen molar-refractivity contribution in [1.29, 1.82) is 0 Å². The van der Waals surface area contributed by atoms with Crippen LogP contribution in [0.15, 0.2) is 36.4 Å². The van der Waals surface area contributed by atoms with E-state index in [1.165, 1.54) is 41.7 Å². The summed E-state index contributed by atoms with van der Waals surface area (Å²) in [7, 11) is 0. The van der Waals surface area contributed by atoms with Crippen molar-refractivity contribution >= 4 is 17.7 Å². The molecule has 0 atom stereocenters. The molecular formula is C27H34N3NaO5. The molecule has 0 bridgehead atoms. The van der Waals surface area contributed by atoms with Crippen molar-refractivity contribution in [2.24, 2.45) is 0 Å². The van der Waals surface area contributed by atoms with Crippen molar-refractivity contribution in [2.75, 3.05) is 31.1 Å². The van der Waals surface area contributed by atoms with Crippen molar-refractivity contribution < 1.29 is 54.5 Å². The fourth-order valence-electron chi connectivity index (χ4n) is 5.33. The van der Waals surface area contributed by atoms with E-state index in [9.17, 15) is 14.7 Å². The van der Waals surface area contributed by atoms with E-state index in [0.29, 0.717) is 24.8 Å². The first kappa shape index (κ1) is 28.5. The van der Waals surface area contributed by atoms with Gasteiger partial charge < -0.3 is 25.4 Å². The number of rotatable bonds is 7. The van der Waals surface area contributed by atoms with Crippen molar-refractivity contribution in [3.63, 3.8) is 0 Å². The summed E-state index contributed by atoms with van der Waals surface area (Å²) in [4.78, 5) is 28.0. The number of nitrogens with zero attached hydrogens (tertiary/aromatic N) is 2. The summed E-state index contributed by atoms with van der Waals surface area (Å²) in [6.45, 7) is 8.16. The van der Waals surface area contributed by atoms with Crippen LogP contribution in [0, 0.1) is 6.92 Å². The van der Waals surface area contributed by atoms with Crippen molar-refractivity contribution in [3.8, 4) is 5.75 Å². The molecule has 2 aromatic rings. The molecule has 5 rings (SSSR count). The third-order valence-corrected chi connectivity index (χ3v) is 7.45. The molecule has 36 heavy (non-hydrogen) atoms. The summed E-state index contributed by atoms with van der Waals surface area (Å²) in [5.74, 6) is 0.457. The number of carbonyl (C=O) groups is 2. The molecule has 3 N–H and O–H groups in total. The molecule has 9 heteroatoms. The molecule has 0 radical (unpaired) electrons. The van der Waals surface area contributed by atoms with Crippen LogP contribution in [-0.4, -0.2) is 54.2 Å². The standard InChI is InChI=1S/C27H33N3O4.Na.H2O/c1-3-34-24-15-21(23(14-18(24)2)19-4-5-19)16-29-12-10-27(11-13-29)17-30(26(33)28-27)22-8-6-20(7-9-22)25(31)32;;/h6-9,14-15,19H,3-5,10-13,16-17H2,1-2H3,(H,28,33)(H,31,32);;1H2/q;+1;/p-1. The van der Waals surface area contributed by atoms with Crippen LogP contribution in [0.5, 0.6) is 5.75 Å². The Morgan fingerprint density at radius 1 is 1.17 bits per heavy atom. The number of carbonyl (C=O) groups excluding carboxylic acids is 2. The molecule has 1 spiro atoms. The third-order valence-electron chi connectivity index (χ3n) is 7.45. The molecule has 2 amide bonds. The van der Waals surface area contributed by atoms with Gasteiger partial charge in [0, 0.05) is 25.3 Å². The molecule has 2 aromatic carbocycles. The topological polar surface area (TPSA) is 116 Å². The van der Waals surface area contributed by atoms with Gasteiger partial charge >= 0.3 is 35.6 Å². The van der Waals surface area contributed by atoms with Gasteiger partial charge in [-0.05, 0) is 85.9 Å². The first-order valence-corrected chi connectivity index (χ1v) is 12.3. The zero-order valence-corrected chi connectivity index (χ0v) is 23.4. The number of carboxylic acid groups (broad SMARTS) is 1. The number of anilines is 1. The van der Waals surface area contributed by atoms with Crippen molar-refractivity contribution in [1.82, 2.24) is 10.2 Å². The summed E-state index contributed by atoms with van der Waals surface area (Å²) in [5.41, 5.74) is 4.63. The number of aryl methyl sites for hydroxylation is 1. The average Bonchev–Trinajstić information content (AvgIpc) is 3.61. The second-order valence-electron chi connectivity index (χ2n) is 9.93. The number of urea groups is 1. The second-order valence-corrected chi connectivity index (χ2v) is 9.93. The minimum atomic E-state index is -1.21. The molecule has 2 saturated heterocycles. The van der Waals surface area contributed by atoms with E-state index in [1.54, 1.807) is 17.0 Å². The van der Waals surface area contributed by atoms with Crippen LogP contribution >= 0.6 is 0 Å². The van der Waals surface area contributed by atoms with E-state index >= 15 is 0 Å². The zero-order chi connectivity index (χ0) is 23.9. The van der Waals surface area contributed by atoms with Crippen molar-refractivity contribution in [2.45, 2.75) is 57.5 Å². The SMILES string of the molecule is CCOc1cc(CN2CCC3(CC2)CN(c2ccc(C(=O)[O-])cc2)C(=O)N3)c(C2CC2)cc1C.O.[Na+]. The van der Waals surface area contributed by atoms with Crippen LogP contribution < -0.4 is 49.6 Å². The summed E-state index contributed by atoms with van der Waals surface area (Å²) in [6, 6.07) is 10.8. The molecule has 1 aliphatic carbocycles. The van der Waals surface area contributed by atoms with Gasteiger partial charge in [0.05, 0.1) is 24.7 Å². The maximum absolute atomic E-state index is 12.8. The van der Waals surface area contributed by atoms with Gasteiger partial charge in [0.15, 0.2) is 0 Å². The molecule has 8 nitrogen and oxygen atoms in total. The maximum atomic E-state index is 12.8. The van der Waals surface area contributed by atoms with E-state index in [0.717, 1.165) is 38.2 Å². The fourth-order valence-corrected chi connectivity index (χ4v) is 5.33. The Bertz CT molecular complexity index is 1100. The van der Waals surface area contributed by atoms with Gasteiger partial charge in [0.1, 0.15) is 5.75 Å². The molecular weight excluding hydrogens is 469 g/mol. The monoisotopic (exact) mass is 503 g/mol. The van der Waals surface area contributed by atoms with Crippen LogP contribution in [0.2, 0.25) is 0 Å². The summed E-state index contributed by atoms with van der Waals surface area (Å²) in [5, 5.41) is 14.2. The van der Waals surface area contributed by atoms with Crippen LogP contribution in [-0.2, 0) is 6.54 Å². The molecule has 3 aliphatic rings.